The lowest BCUT2D eigenvalue weighted by atomic mass is 10.1. The summed E-state index contributed by atoms with van der Waals surface area (Å²) < 4.78 is 5.88. The number of nitrogens with zero attached hydrogens (tertiary/aromatic N) is 2. The summed E-state index contributed by atoms with van der Waals surface area (Å²) in [5, 5.41) is 3.44. The van der Waals surface area contributed by atoms with Crippen LogP contribution in [-0.2, 0) is 0 Å². The van der Waals surface area contributed by atoms with Gasteiger partial charge in [0, 0.05) is 6.04 Å². The molecule has 1 aromatic rings. The predicted octanol–water partition coefficient (Wildman–Crippen LogP) is 3.97. The smallest absolute Gasteiger partial charge is 0.188 e. The number of guanidine groups is 1. The van der Waals surface area contributed by atoms with Crippen LogP contribution in [0.5, 0.6) is 0 Å². The summed E-state index contributed by atoms with van der Waals surface area (Å²) in [7, 11) is 0. The topological polar surface area (TPSA) is 66.8 Å². The van der Waals surface area contributed by atoms with Crippen molar-refractivity contribution in [1.82, 2.24) is 10.2 Å². The average molecular weight is 460 g/mol. The lowest BCUT2D eigenvalue weighted by Gasteiger charge is -2.25. The molecular formula is C19H33IN4O. The monoisotopic (exact) mass is 460 g/mol. The minimum Gasteiger partial charge on any atom is -0.465 e. The molecule has 25 heavy (non-hydrogen) atoms. The van der Waals surface area contributed by atoms with Gasteiger partial charge in [0.15, 0.2) is 5.96 Å². The van der Waals surface area contributed by atoms with Crippen molar-refractivity contribution in [2.75, 3.05) is 19.6 Å². The molecule has 1 aliphatic carbocycles. The lowest BCUT2D eigenvalue weighted by molar-refractivity contribution is 0.219. The Labute approximate surface area is 168 Å². The largest absolute Gasteiger partial charge is 0.465 e. The van der Waals surface area contributed by atoms with E-state index in [1.807, 2.05) is 13.0 Å². The summed E-state index contributed by atoms with van der Waals surface area (Å²) >= 11 is 0. The van der Waals surface area contributed by atoms with Crippen molar-refractivity contribution < 1.29 is 4.42 Å². The first kappa shape index (κ1) is 20.6. The highest BCUT2D eigenvalue weighted by molar-refractivity contribution is 14.0. The zero-order valence-electron chi connectivity index (χ0n) is 15.4. The lowest BCUT2D eigenvalue weighted by Crippen LogP contribution is -2.40. The quantitative estimate of drug-likeness (QED) is 0.302. The van der Waals surface area contributed by atoms with Crippen LogP contribution in [0.15, 0.2) is 21.5 Å². The highest BCUT2D eigenvalue weighted by atomic mass is 127. The number of rotatable bonds is 5. The fraction of sp³-hybridized carbons (Fsp3) is 0.737. The third kappa shape index (κ3) is 6.16. The van der Waals surface area contributed by atoms with Crippen LogP contribution in [0.25, 0.3) is 0 Å². The summed E-state index contributed by atoms with van der Waals surface area (Å²) in [5.74, 6) is 2.57. The Morgan fingerprint density at radius 2 is 1.88 bits per heavy atom. The van der Waals surface area contributed by atoms with Gasteiger partial charge in [-0.15, -0.1) is 24.0 Å². The van der Waals surface area contributed by atoms with Crippen molar-refractivity contribution >= 4 is 29.9 Å². The first-order valence-corrected chi connectivity index (χ1v) is 9.59. The van der Waals surface area contributed by atoms with Crippen molar-refractivity contribution in [1.29, 1.82) is 0 Å². The molecule has 0 aromatic carbocycles. The highest BCUT2D eigenvalue weighted by Gasteiger charge is 2.25. The Hall–Kier alpha value is -0.760. The summed E-state index contributed by atoms with van der Waals surface area (Å²) in [6.45, 7) is 4.90. The molecule has 2 fully saturated rings. The molecule has 1 saturated heterocycles. The molecule has 2 heterocycles. The normalized spacial score (nSPS) is 21.6. The molecule has 1 aliphatic heterocycles. The molecular weight excluding hydrogens is 427 g/mol. The zero-order chi connectivity index (χ0) is 16.8. The van der Waals surface area contributed by atoms with Crippen LogP contribution in [0, 0.1) is 6.92 Å². The van der Waals surface area contributed by atoms with Crippen LogP contribution >= 0.6 is 24.0 Å². The maximum Gasteiger partial charge on any atom is 0.188 e. The number of hydrogen-bond acceptors (Lipinski definition) is 3. The number of nitrogens with two attached hydrogens (primary N) is 1. The van der Waals surface area contributed by atoms with E-state index >= 15 is 0 Å². The molecule has 3 rings (SSSR count). The molecule has 1 aromatic heterocycles. The molecule has 1 saturated carbocycles. The van der Waals surface area contributed by atoms with Gasteiger partial charge in [-0.1, -0.05) is 25.7 Å². The molecule has 0 amide bonds. The van der Waals surface area contributed by atoms with Gasteiger partial charge in [-0.3, -0.25) is 9.89 Å². The van der Waals surface area contributed by atoms with Gasteiger partial charge in [-0.25, -0.2) is 0 Å². The average Bonchev–Trinajstić information content (AvgIpc) is 3.17. The van der Waals surface area contributed by atoms with Gasteiger partial charge >= 0.3 is 0 Å². The predicted molar refractivity (Wildman–Crippen MR) is 114 cm³/mol. The van der Waals surface area contributed by atoms with Gasteiger partial charge in [0.25, 0.3) is 0 Å². The molecule has 2 aliphatic rings. The summed E-state index contributed by atoms with van der Waals surface area (Å²) in [6, 6.07) is 4.82. The van der Waals surface area contributed by atoms with E-state index in [9.17, 15) is 0 Å². The fourth-order valence-corrected chi connectivity index (χ4v) is 3.93. The van der Waals surface area contributed by atoms with E-state index in [4.69, 9.17) is 10.2 Å². The Morgan fingerprint density at radius 1 is 1.20 bits per heavy atom. The molecule has 1 atom stereocenters. The summed E-state index contributed by atoms with van der Waals surface area (Å²) in [5.41, 5.74) is 6.18. The summed E-state index contributed by atoms with van der Waals surface area (Å²) in [6.07, 6.45) is 10.2. The third-order valence-corrected chi connectivity index (χ3v) is 5.31. The standard InChI is InChI=1S/C19H32N4O.HI/c1-15-10-11-18(24-15)17(23-12-6-7-13-23)14-21-19(20)22-16-8-4-2-3-5-9-16;/h10-11,16-17H,2-9,12-14H2,1H3,(H3,20,21,22);1H. The maximum atomic E-state index is 6.18. The molecule has 0 bridgehead atoms. The number of aliphatic imine (C=N–C) groups is 1. The number of hydrogen-bond donors (Lipinski definition) is 2. The van der Waals surface area contributed by atoms with Crippen molar-refractivity contribution in [2.45, 2.75) is 70.4 Å². The van der Waals surface area contributed by atoms with Gasteiger partial charge < -0.3 is 15.5 Å². The number of aryl methyl sites for hydroxylation is 1. The van der Waals surface area contributed by atoms with Crippen molar-refractivity contribution in [3.05, 3.63) is 23.7 Å². The van der Waals surface area contributed by atoms with Crippen LogP contribution in [0.3, 0.4) is 0 Å². The van der Waals surface area contributed by atoms with Crippen LogP contribution in [0.2, 0.25) is 0 Å². The number of halogens is 1. The first-order chi connectivity index (χ1) is 11.7. The second kappa shape index (κ2) is 10.4. The Kier molecular flexibility index (Phi) is 8.55. The minimum absolute atomic E-state index is 0. The van der Waals surface area contributed by atoms with Crippen molar-refractivity contribution in [2.24, 2.45) is 10.7 Å². The molecule has 5 nitrogen and oxygen atoms in total. The third-order valence-electron chi connectivity index (χ3n) is 5.31. The van der Waals surface area contributed by atoms with E-state index in [2.05, 4.69) is 21.3 Å². The van der Waals surface area contributed by atoms with Crippen LogP contribution < -0.4 is 11.1 Å². The molecule has 0 radical (unpaired) electrons. The fourth-order valence-electron chi connectivity index (χ4n) is 3.93. The highest BCUT2D eigenvalue weighted by Crippen LogP contribution is 2.27. The van der Waals surface area contributed by atoms with E-state index in [0.29, 0.717) is 18.5 Å². The molecule has 3 N–H and O–H groups in total. The van der Waals surface area contributed by atoms with Gasteiger partial charge in [-0.2, -0.15) is 0 Å². The van der Waals surface area contributed by atoms with E-state index in [1.54, 1.807) is 0 Å². The molecule has 6 heteroatoms. The van der Waals surface area contributed by atoms with Gasteiger partial charge in [0.05, 0.1) is 12.6 Å². The Bertz CT molecular complexity index is 531. The van der Waals surface area contributed by atoms with Gasteiger partial charge in [-0.05, 0) is 57.8 Å². The minimum atomic E-state index is 0. The van der Waals surface area contributed by atoms with Gasteiger partial charge in [0.1, 0.15) is 11.5 Å². The van der Waals surface area contributed by atoms with Gasteiger partial charge in [0.2, 0.25) is 0 Å². The first-order valence-electron chi connectivity index (χ1n) is 9.59. The second-order valence-electron chi connectivity index (χ2n) is 7.27. The Balaban J connectivity index is 0.00000225. The van der Waals surface area contributed by atoms with E-state index in [0.717, 1.165) is 24.6 Å². The number of nitrogens with one attached hydrogen (secondary N) is 1. The van der Waals surface area contributed by atoms with Crippen LogP contribution in [0.1, 0.15) is 68.9 Å². The van der Waals surface area contributed by atoms with Crippen molar-refractivity contribution in [3.8, 4) is 0 Å². The second-order valence-corrected chi connectivity index (χ2v) is 7.27. The van der Waals surface area contributed by atoms with E-state index < -0.39 is 0 Å². The van der Waals surface area contributed by atoms with Crippen LogP contribution in [0.4, 0.5) is 0 Å². The Morgan fingerprint density at radius 3 is 2.48 bits per heavy atom. The van der Waals surface area contributed by atoms with E-state index in [1.165, 1.54) is 51.4 Å². The summed E-state index contributed by atoms with van der Waals surface area (Å²) in [4.78, 5) is 7.13. The molecule has 0 spiro atoms. The SMILES string of the molecule is Cc1ccc(C(CN=C(N)NC2CCCCCC2)N2CCCC2)o1.I. The van der Waals surface area contributed by atoms with E-state index in [-0.39, 0.29) is 30.0 Å². The number of furan rings is 1. The number of likely N-dealkylation sites (tertiary alicyclic amines) is 1. The molecule has 142 valence electrons. The zero-order valence-corrected chi connectivity index (χ0v) is 17.7. The molecule has 1 unspecified atom stereocenters. The van der Waals surface area contributed by atoms with Crippen LogP contribution in [-0.4, -0.2) is 36.5 Å². The van der Waals surface area contributed by atoms with Crippen molar-refractivity contribution in [3.63, 3.8) is 0 Å². The maximum absolute atomic E-state index is 6.18.